The van der Waals surface area contributed by atoms with Crippen molar-refractivity contribution in [2.45, 2.75) is 19.8 Å². The minimum absolute atomic E-state index is 0.464. The molecule has 1 rings (SSSR count). The largest absolute Gasteiger partial charge is 0.320 e. The lowest BCUT2D eigenvalue weighted by Gasteiger charge is -2.16. The molecule has 1 atom stereocenters. The fourth-order valence-electron chi connectivity index (χ4n) is 1.96. The van der Waals surface area contributed by atoms with Gasteiger partial charge < -0.3 is 5.32 Å². The highest BCUT2D eigenvalue weighted by atomic mass is 15.1. The van der Waals surface area contributed by atoms with Crippen molar-refractivity contribution in [2.75, 3.05) is 20.6 Å². The van der Waals surface area contributed by atoms with Crippen LogP contribution in [0.4, 0.5) is 5.69 Å². The second-order valence-corrected chi connectivity index (χ2v) is 4.49. The monoisotopic (exact) mass is 245 g/mol. The smallest absolute Gasteiger partial charge is 0.0927 e. The predicted octanol–water partition coefficient (Wildman–Crippen LogP) is 4.05. The number of hydrogen-bond acceptors (Lipinski definition) is 3. The van der Waals surface area contributed by atoms with Crippen LogP contribution in [0.3, 0.4) is 0 Å². The van der Waals surface area contributed by atoms with E-state index in [-0.39, 0.29) is 0 Å². The molecule has 3 heteroatoms. The quantitative estimate of drug-likeness (QED) is 0.571. The summed E-state index contributed by atoms with van der Waals surface area (Å²) >= 11 is 0. The molecule has 0 aliphatic rings. The summed E-state index contributed by atoms with van der Waals surface area (Å²) < 4.78 is 0. The van der Waals surface area contributed by atoms with E-state index >= 15 is 0 Å². The van der Waals surface area contributed by atoms with Crippen LogP contribution in [0, 0.1) is 5.92 Å². The molecule has 0 heterocycles. The lowest BCUT2D eigenvalue weighted by Crippen LogP contribution is -2.09. The fraction of sp³-hybridized carbons (Fsp3) is 0.467. The SMILES string of the molecule is C=C(c1ccccc1N=NC)C(C)CCCNC. The minimum atomic E-state index is 0.464. The summed E-state index contributed by atoms with van der Waals surface area (Å²) in [5.41, 5.74) is 3.17. The molecule has 98 valence electrons. The molecule has 1 aromatic rings. The second-order valence-electron chi connectivity index (χ2n) is 4.49. The Kier molecular flexibility index (Phi) is 6.29. The molecule has 18 heavy (non-hydrogen) atoms. The van der Waals surface area contributed by atoms with Crippen LogP contribution in [0.1, 0.15) is 25.3 Å². The highest BCUT2D eigenvalue weighted by Crippen LogP contribution is 2.31. The average molecular weight is 245 g/mol. The van der Waals surface area contributed by atoms with Gasteiger partial charge in [0.05, 0.1) is 5.69 Å². The zero-order valence-electron chi connectivity index (χ0n) is 11.6. The molecule has 0 aliphatic heterocycles. The van der Waals surface area contributed by atoms with Gasteiger partial charge in [-0.2, -0.15) is 10.2 Å². The van der Waals surface area contributed by atoms with Crippen molar-refractivity contribution in [2.24, 2.45) is 16.1 Å². The van der Waals surface area contributed by atoms with Crippen LogP contribution in [-0.2, 0) is 0 Å². The highest BCUT2D eigenvalue weighted by Gasteiger charge is 2.11. The zero-order valence-corrected chi connectivity index (χ0v) is 11.6. The summed E-state index contributed by atoms with van der Waals surface area (Å²) in [5, 5.41) is 11.2. The maximum absolute atomic E-state index is 4.22. The summed E-state index contributed by atoms with van der Waals surface area (Å²) in [5.74, 6) is 0.464. The zero-order chi connectivity index (χ0) is 13.4. The Balaban J connectivity index is 2.76. The maximum Gasteiger partial charge on any atom is 0.0927 e. The Morgan fingerprint density at radius 3 is 2.78 bits per heavy atom. The van der Waals surface area contributed by atoms with Gasteiger partial charge in [0.25, 0.3) is 0 Å². The molecule has 0 bridgehead atoms. The van der Waals surface area contributed by atoms with Crippen molar-refractivity contribution in [1.29, 1.82) is 0 Å². The molecule has 0 aliphatic carbocycles. The third-order valence-electron chi connectivity index (χ3n) is 3.12. The summed E-state index contributed by atoms with van der Waals surface area (Å²) in [6, 6.07) is 8.05. The number of nitrogens with one attached hydrogen (secondary N) is 1. The first-order valence-electron chi connectivity index (χ1n) is 6.43. The predicted molar refractivity (Wildman–Crippen MR) is 78.2 cm³/mol. The van der Waals surface area contributed by atoms with Gasteiger partial charge in [0.15, 0.2) is 0 Å². The Hall–Kier alpha value is -1.48. The van der Waals surface area contributed by atoms with E-state index in [0.717, 1.165) is 36.2 Å². The molecule has 1 N–H and O–H groups in total. The van der Waals surface area contributed by atoms with Crippen LogP contribution in [0.25, 0.3) is 5.57 Å². The third-order valence-corrected chi connectivity index (χ3v) is 3.12. The van der Waals surface area contributed by atoms with Crippen molar-refractivity contribution in [3.8, 4) is 0 Å². The molecule has 0 saturated heterocycles. The van der Waals surface area contributed by atoms with Gasteiger partial charge in [-0.15, -0.1) is 0 Å². The van der Waals surface area contributed by atoms with E-state index in [1.165, 1.54) is 0 Å². The van der Waals surface area contributed by atoms with Crippen molar-refractivity contribution in [3.05, 3.63) is 36.4 Å². The number of allylic oxidation sites excluding steroid dienone is 1. The van der Waals surface area contributed by atoms with E-state index in [4.69, 9.17) is 0 Å². The van der Waals surface area contributed by atoms with Gasteiger partial charge >= 0.3 is 0 Å². The van der Waals surface area contributed by atoms with Crippen LogP contribution < -0.4 is 5.32 Å². The van der Waals surface area contributed by atoms with Crippen LogP contribution in [-0.4, -0.2) is 20.6 Å². The summed E-state index contributed by atoms with van der Waals surface area (Å²) in [7, 11) is 3.67. The molecule has 1 unspecified atom stereocenters. The van der Waals surface area contributed by atoms with Crippen molar-refractivity contribution in [1.82, 2.24) is 5.32 Å². The average Bonchev–Trinajstić information content (AvgIpc) is 2.39. The molecule has 0 radical (unpaired) electrons. The van der Waals surface area contributed by atoms with Crippen LogP contribution in [0.15, 0.2) is 41.1 Å². The summed E-state index contributed by atoms with van der Waals surface area (Å²) in [4.78, 5) is 0. The molecule has 0 spiro atoms. The molecule has 1 aromatic carbocycles. The third kappa shape index (κ3) is 4.08. The number of azo groups is 1. The van der Waals surface area contributed by atoms with E-state index in [9.17, 15) is 0 Å². The number of hydrogen-bond donors (Lipinski definition) is 1. The first-order valence-corrected chi connectivity index (χ1v) is 6.43. The molecule has 0 fully saturated rings. The first kappa shape index (κ1) is 14.6. The highest BCUT2D eigenvalue weighted by molar-refractivity contribution is 5.74. The van der Waals surface area contributed by atoms with Gasteiger partial charge in [-0.1, -0.05) is 31.7 Å². The van der Waals surface area contributed by atoms with E-state index in [0.29, 0.717) is 5.92 Å². The minimum Gasteiger partial charge on any atom is -0.320 e. The van der Waals surface area contributed by atoms with Crippen molar-refractivity contribution in [3.63, 3.8) is 0 Å². The van der Waals surface area contributed by atoms with Gasteiger partial charge in [0.1, 0.15) is 0 Å². The summed E-state index contributed by atoms with van der Waals surface area (Å²) in [6.45, 7) is 7.49. The van der Waals surface area contributed by atoms with Crippen molar-refractivity contribution < 1.29 is 0 Å². The lowest BCUT2D eigenvalue weighted by atomic mass is 9.91. The Morgan fingerprint density at radius 1 is 1.39 bits per heavy atom. The van der Waals surface area contributed by atoms with Gasteiger partial charge in [0.2, 0.25) is 0 Å². The fourth-order valence-corrected chi connectivity index (χ4v) is 1.96. The normalized spacial score (nSPS) is 12.8. The van der Waals surface area contributed by atoms with Gasteiger partial charge in [0, 0.05) is 12.6 Å². The number of nitrogens with zero attached hydrogens (tertiary/aromatic N) is 2. The second kappa shape index (κ2) is 7.77. The van der Waals surface area contributed by atoms with E-state index in [1.54, 1.807) is 7.05 Å². The molecule has 3 nitrogen and oxygen atoms in total. The van der Waals surface area contributed by atoms with Crippen LogP contribution >= 0.6 is 0 Å². The first-order chi connectivity index (χ1) is 8.70. The van der Waals surface area contributed by atoms with Crippen molar-refractivity contribution >= 4 is 11.3 Å². The standard InChI is InChI=1S/C15H23N3/c1-12(8-7-11-16-3)13(2)14-9-5-6-10-15(14)18-17-4/h5-6,9-10,12,16H,2,7-8,11H2,1,3-4H3. The Morgan fingerprint density at radius 2 is 2.11 bits per heavy atom. The van der Waals surface area contributed by atoms with E-state index in [1.807, 2.05) is 25.2 Å². The van der Waals surface area contributed by atoms with E-state index in [2.05, 4.69) is 35.1 Å². The summed E-state index contributed by atoms with van der Waals surface area (Å²) in [6.07, 6.45) is 2.30. The molecular weight excluding hydrogens is 222 g/mol. The van der Waals surface area contributed by atoms with Gasteiger partial charge in [-0.3, -0.25) is 0 Å². The van der Waals surface area contributed by atoms with Crippen LogP contribution in [0.5, 0.6) is 0 Å². The molecule has 0 amide bonds. The maximum atomic E-state index is 4.22. The van der Waals surface area contributed by atoms with Crippen LogP contribution in [0.2, 0.25) is 0 Å². The molecular formula is C15H23N3. The number of benzene rings is 1. The molecule has 0 saturated carbocycles. The van der Waals surface area contributed by atoms with Gasteiger partial charge in [-0.25, -0.2) is 0 Å². The molecule has 0 aromatic heterocycles. The van der Waals surface area contributed by atoms with Gasteiger partial charge in [-0.05, 0) is 44.0 Å². The number of rotatable bonds is 7. The Labute approximate surface area is 110 Å². The lowest BCUT2D eigenvalue weighted by molar-refractivity contribution is 0.597. The topological polar surface area (TPSA) is 36.8 Å². The Bertz CT molecular complexity index is 410. The van der Waals surface area contributed by atoms with E-state index < -0.39 is 0 Å².